The van der Waals surface area contributed by atoms with Crippen LogP contribution in [0.5, 0.6) is 0 Å². The normalized spacial score (nSPS) is 20.5. The molecule has 1 aromatic rings. The number of hydrogen-bond donors (Lipinski definition) is 2. The zero-order valence-electron chi connectivity index (χ0n) is 13.2. The summed E-state index contributed by atoms with van der Waals surface area (Å²) in [4.78, 5) is 13.3. The Morgan fingerprint density at radius 2 is 2.17 bits per heavy atom. The fourth-order valence-electron chi connectivity index (χ4n) is 2.75. The van der Waals surface area contributed by atoms with Gasteiger partial charge in [0.15, 0.2) is 0 Å². The topological polar surface area (TPSA) is 64.9 Å². The van der Waals surface area contributed by atoms with Crippen LogP contribution in [0.25, 0.3) is 0 Å². The first-order chi connectivity index (χ1) is 11.1. The van der Waals surface area contributed by atoms with Gasteiger partial charge in [-0.3, -0.25) is 9.69 Å². The van der Waals surface area contributed by atoms with Crippen molar-refractivity contribution in [3.8, 4) is 0 Å². The number of carbonyl (C=O) groups is 1. The number of thioether (sulfide) groups is 1. The molecule has 2 aliphatic heterocycles. The van der Waals surface area contributed by atoms with Crippen molar-refractivity contribution in [2.75, 3.05) is 25.4 Å². The lowest BCUT2D eigenvalue weighted by molar-refractivity contribution is 0.118. The molecule has 0 radical (unpaired) electrons. The predicted molar refractivity (Wildman–Crippen MR) is 93.7 cm³/mol. The predicted octanol–water partition coefficient (Wildman–Crippen LogP) is 2.47. The van der Waals surface area contributed by atoms with Gasteiger partial charge in [0.2, 0.25) is 0 Å². The molecule has 0 fully saturated rings. The molecule has 1 aromatic carbocycles. The maximum atomic E-state index is 11.1. The molecule has 1 atom stereocenters. The zero-order chi connectivity index (χ0) is 16.2. The van der Waals surface area contributed by atoms with Gasteiger partial charge in [-0.25, -0.2) is 5.43 Å². The number of benzene rings is 1. The molecule has 0 saturated heterocycles. The molecule has 0 saturated carbocycles. The number of nitrogens with zero attached hydrogens (tertiary/aromatic N) is 2. The first-order valence-electron chi connectivity index (χ1n) is 7.77. The number of nitrogens with one attached hydrogen (secondary N) is 1. The van der Waals surface area contributed by atoms with Gasteiger partial charge in [-0.15, -0.1) is 0 Å². The Bertz CT molecular complexity index is 640. The van der Waals surface area contributed by atoms with E-state index in [1.54, 1.807) is 0 Å². The van der Waals surface area contributed by atoms with Crippen LogP contribution >= 0.6 is 11.8 Å². The van der Waals surface area contributed by atoms with Crippen molar-refractivity contribution in [2.24, 2.45) is 5.10 Å². The molecular weight excluding hydrogens is 310 g/mol. The Kier molecular flexibility index (Phi) is 5.15. The minimum absolute atomic E-state index is 0.0898. The number of aliphatic hydroxyl groups is 1. The van der Waals surface area contributed by atoms with E-state index in [9.17, 15) is 9.90 Å². The monoisotopic (exact) mass is 331 g/mol. The summed E-state index contributed by atoms with van der Waals surface area (Å²) in [6, 6.07) is 8.03. The highest BCUT2D eigenvalue weighted by atomic mass is 32.2. The molecule has 5 nitrogen and oxygen atoms in total. The second-order valence-electron chi connectivity index (χ2n) is 5.91. The maximum Gasteiger partial charge on any atom is 0.299 e. The number of carbonyl (C=O) groups excluding carboxylic acids is 1. The second kappa shape index (κ2) is 7.29. The van der Waals surface area contributed by atoms with E-state index in [0.29, 0.717) is 12.3 Å². The van der Waals surface area contributed by atoms with Crippen molar-refractivity contribution in [1.29, 1.82) is 0 Å². The first kappa shape index (κ1) is 16.2. The molecule has 1 unspecified atom stereocenters. The lowest BCUT2D eigenvalue weighted by Gasteiger charge is -2.29. The van der Waals surface area contributed by atoms with Gasteiger partial charge in [0.25, 0.3) is 5.24 Å². The van der Waals surface area contributed by atoms with E-state index >= 15 is 0 Å². The maximum absolute atomic E-state index is 11.1. The highest BCUT2D eigenvalue weighted by Crippen LogP contribution is 2.21. The standard InChI is InChI=1S/C17H21N3O2S/c1-12-2-4-14(5-3-12)16(21)10-20-8-6-13(7-9-20)15-11-23-17(22)19-18-15/h2-6,16,21H,7-11H2,1H3,(H,19,22). The van der Waals surface area contributed by atoms with E-state index in [-0.39, 0.29) is 5.24 Å². The molecule has 2 heterocycles. The van der Waals surface area contributed by atoms with Crippen LogP contribution in [0.1, 0.15) is 23.7 Å². The largest absolute Gasteiger partial charge is 0.387 e. The molecule has 0 bridgehead atoms. The Morgan fingerprint density at radius 1 is 1.39 bits per heavy atom. The summed E-state index contributed by atoms with van der Waals surface area (Å²) in [7, 11) is 0. The van der Waals surface area contributed by atoms with Crippen molar-refractivity contribution < 1.29 is 9.90 Å². The Hall–Kier alpha value is -1.63. The number of amides is 1. The summed E-state index contributed by atoms with van der Waals surface area (Å²) >= 11 is 1.25. The van der Waals surface area contributed by atoms with Crippen LogP contribution in [0.15, 0.2) is 41.0 Å². The lowest BCUT2D eigenvalue weighted by atomic mass is 10.0. The number of rotatable bonds is 4. The number of hydrazone groups is 1. The molecule has 1 amide bonds. The molecule has 2 N–H and O–H groups in total. The van der Waals surface area contributed by atoms with Gasteiger partial charge in [0, 0.05) is 25.4 Å². The van der Waals surface area contributed by atoms with Gasteiger partial charge in [-0.1, -0.05) is 47.7 Å². The van der Waals surface area contributed by atoms with Crippen molar-refractivity contribution in [3.05, 3.63) is 47.0 Å². The van der Waals surface area contributed by atoms with Crippen molar-refractivity contribution >= 4 is 22.7 Å². The van der Waals surface area contributed by atoms with Crippen molar-refractivity contribution in [2.45, 2.75) is 19.4 Å². The summed E-state index contributed by atoms with van der Waals surface area (Å²) in [5, 5.41) is 14.4. The van der Waals surface area contributed by atoms with Crippen LogP contribution in [-0.2, 0) is 0 Å². The Morgan fingerprint density at radius 3 is 2.78 bits per heavy atom. The summed E-state index contributed by atoms with van der Waals surface area (Å²) in [6.07, 6.45) is 2.59. The van der Waals surface area contributed by atoms with E-state index in [1.807, 2.05) is 31.2 Å². The quantitative estimate of drug-likeness (QED) is 0.889. The van der Waals surface area contributed by atoms with Crippen LogP contribution < -0.4 is 5.43 Å². The summed E-state index contributed by atoms with van der Waals surface area (Å²) in [6.45, 7) is 4.37. The number of aryl methyl sites for hydroxylation is 1. The third-order valence-corrected chi connectivity index (χ3v) is 4.95. The third kappa shape index (κ3) is 4.22. The van der Waals surface area contributed by atoms with Gasteiger partial charge in [-0.05, 0) is 24.5 Å². The summed E-state index contributed by atoms with van der Waals surface area (Å²) < 4.78 is 0. The Balaban J connectivity index is 1.56. The van der Waals surface area contributed by atoms with Gasteiger partial charge in [0.1, 0.15) is 0 Å². The molecule has 23 heavy (non-hydrogen) atoms. The van der Waals surface area contributed by atoms with E-state index < -0.39 is 6.10 Å². The van der Waals surface area contributed by atoms with Crippen molar-refractivity contribution in [1.82, 2.24) is 10.3 Å². The number of aliphatic hydroxyl groups excluding tert-OH is 1. The van der Waals surface area contributed by atoms with E-state index in [2.05, 4.69) is 21.5 Å². The molecule has 122 valence electrons. The zero-order valence-corrected chi connectivity index (χ0v) is 14.0. The van der Waals surface area contributed by atoms with Crippen LogP contribution in [0.2, 0.25) is 0 Å². The minimum atomic E-state index is -0.465. The SMILES string of the molecule is Cc1ccc(C(O)CN2CC=C(C3=NNC(=O)SC3)CC2)cc1. The number of hydrogen-bond acceptors (Lipinski definition) is 5. The molecule has 0 aromatic heterocycles. The fourth-order valence-corrected chi connectivity index (χ4v) is 3.38. The van der Waals surface area contributed by atoms with E-state index in [4.69, 9.17) is 0 Å². The van der Waals surface area contributed by atoms with Gasteiger partial charge >= 0.3 is 0 Å². The van der Waals surface area contributed by atoms with Gasteiger partial charge in [0.05, 0.1) is 11.8 Å². The van der Waals surface area contributed by atoms with E-state index in [0.717, 1.165) is 30.8 Å². The third-order valence-electron chi connectivity index (χ3n) is 4.18. The van der Waals surface area contributed by atoms with E-state index in [1.165, 1.54) is 22.9 Å². The highest BCUT2D eigenvalue weighted by Gasteiger charge is 2.21. The van der Waals surface area contributed by atoms with Crippen molar-refractivity contribution in [3.63, 3.8) is 0 Å². The lowest BCUT2D eigenvalue weighted by Crippen LogP contribution is -2.35. The average molecular weight is 331 g/mol. The second-order valence-corrected chi connectivity index (χ2v) is 6.86. The van der Waals surface area contributed by atoms with Crippen LogP contribution in [-0.4, -0.2) is 46.3 Å². The molecule has 3 rings (SSSR count). The van der Waals surface area contributed by atoms with Gasteiger partial charge < -0.3 is 5.11 Å². The number of β-amino-alcohol motifs (C(OH)–C–C–N with tert-alkyl or cyclic N) is 1. The first-order valence-corrected chi connectivity index (χ1v) is 8.76. The smallest absolute Gasteiger partial charge is 0.299 e. The molecular formula is C17H21N3O2S. The fraction of sp³-hybridized carbons (Fsp3) is 0.412. The van der Waals surface area contributed by atoms with Crippen LogP contribution in [0.3, 0.4) is 0 Å². The summed E-state index contributed by atoms with van der Waals surface area (Å²) in [5.74, 6) is 0.643. The molecule has 6 heteroatoms. The van der Waals surface area contributed by atoms with Crippen LogP contribution in [0, 0.1) is 6.92 Å². The Labute approximate surface area is 140 Å². The summed E-state index contributed by atoms with van der Waals surface area (Å²) in [5.41, 5.74) is 6.85. The molecule has 2 aliphatic rings. The average Bonchev–Trinajstić information content (AvgIpc) is 2.57. The highest BCUT2D eigenvalue weighted by molar-refractivity contribution is 8.14. The molecule has 0 aliphatic carbocycles. The minimum Gasteiger partial charge on any atom is -0.387 e. The van der Waals surface area contributed by atoms with Gasteiger partial charge in [-0.2, -0.15) is 5.10 Å². The molecule has 0 spiro atoms. The van der Waals surface area contributed by atoms with Crippen LogP contribution in [0.4, 0.5) is 4.79 Å².